The van der Waals surface area contributed by atoms with Crippen molar-refractivity contribution in [2.24, 2.45) is 5.92 Å². The van der Waals surface area contributed by atoms with E-state index in [4.69, 9.17) is 4.74 Å². The molecule has 0 bridgehead atoms. The van der Waals surface area contributed by atoms with E-state index in [0.29, 0.717) is 12.5 Å². The first-order valence-corrected chi connectivity index (χ1v) is 13.4. The third kappa shape index (κ3) is 6.35. The van der Waals surface area contributed by atoms with Crippen LogP contribution in [0.3, 0.4) is 0 Å². The minimum atomic E-state index is -3.98. The molecule has 1 heterocycles. The average molecular weight is 547 g/mol. The van der Waals surface area contributed by atoms with Crippen molar-refractivity contribution in [3.8, 4) is 5.75 Å². The molecule has 180 valence electrons. The van der Waals surface area contributed by atoms with Gasteiger partial charge in [0.1, 0.15) is 11.8 Å². The van der Waals surface area contributed by atoms with Gasteiger partial charge in [0.05, 0.1) is 11.5 Å². The van der Waals surface area contributed by atoms with Crippen LogP contribution in [0.1, 0.15) is 18.4 Å². The van der Waals surface area contributed by atoms with Gasteiger partial charge in [-0.1, -0.05) is 40.2 Å². The van der Waals surface area contributed by atoms with Crippen molar-refractivity contribution < 1.29 is 23.1 Å². The van der Waals surface area contributed by atoms with E-state index in [1.165, 1.54) is 12.1 Å². The number of hydrogen-bond donors (Lipinski definition) is 3. The van der Waals surface area contributed by atoms with Crippen LogP contribution >= 0.6 is 15.9 Å². The Kier molecular flexibility index (Phi) is 7.88. The summed E-state index contributed by atoms with van der Waals surface area (Å²) in [5, 5.41) is 14.9. The van der Waals surface area contributed by atoms with Gasteiger partial charge in [-0.3, -0.25) is 4.79 Å². The molecule has 4 rings (SSSR count). The van der Waals surface area contributed by atoms with Crippen molar-refractivity contribution in [2.75, 3.05) is 19.7 Å². The maximum atomic E-state index is 12.7. The van der Waals surface area contributed by atoms with Crippen LogP contribution in [0.15, 0.2) is 70.0 Å². The summed E-state index contributed by atoms with van der Waals surface area (Å²) in [4.78, 5) is 11.8. The molecule has 0 amide bonds. The third-order valence-electron chi connectivity index (χ3n) is 5.98. The highest BCUT2D eigenvalue weighted by molar-refractivity contribution is 9.10. The van der Waals surface area contributed by atoms with E-state index < -0.39 is 22.0 Å². The summed E-state index contributed by atoms with van der Waals surface area (Å²) in [5.41, 5.74) is 0.724. The fourth-order valence-electron chi connectivity index (χ4n) is 4.04. The van der Waals surface area contributed by atoms with Gasteiger partial charge in [-0.15, -0.1) is 0 Å². The van der Waals surface area contributed by atoms with Crippen molar-refractivity contribution in [1.82, 2.24) is 10.0 Å². The second-order valence-corrected chi connectivity index (χ2v) is 11.1. The lowest BCUT2D eigenvalue weighted by Crippen LogP contribution is -2.42. The molecule has 1 aliphatic heterocycles. The Labute approximate surface area is 207 Å². The minimum absolute atomic E-state index is 0.0116. The van der Waals surface area contributed by atoms with Crippen LogP contribution < -0.4 is 14.8 Å². The fraction of sp³-hybridized carbons (Fsp3) is 0.320. The van der Waals surface area contributed by atoms with Crippen molar-refractivity contribution >= 4 is 42.7 Å². The number of aliphatic carboxylic acids is 1. The van der Waals surface area contributed by atoms with Crippen LogP contribution in [-0.2, 0) is 21.2 Å². The predicted octanol–water partition coefficient (Wildman–Crippen LogP) is 3.95. The normalized spacial score (nSPS) is 15.8. The van der Waals surface area contributed by atoms with Crippen molar-refractivity contribution in [1.29, 1.82) is 0 Å². The standard InChI is InChI=1S/C25H27BrN2O5S/c26-21-4-7-23(8-5-21)34(31,32)28-24(25(29)30)14-18-1-2-20-15-22(6-3-19(20)13-18)33-16-17-9-11-27-12-10-17/h1-8,13,15,17,24,27-28H,9-12,14,16H2,(H,29,30). The number of carbonyl (C=O) groups is 1. The molecule has 1 atom stereocenters. The molecule has 0 spiro atoms. The van der Waals surface area contributed by atoms with Gasteiger partial charge in [-0.25, -0.2) is 8.42 Å². The zero-order chi connectivity index (χ0) is 24.1. The Morgan fingerprint density at radius 3 is 2.44 bits per heavy atom. The lowest BCUT2D eigenvalue weighted by molar-refractivity contribution is -0.138. The summed E-state index contributed by atoms with van der Waals surface area (Å²) in [6, 6.07) is 16.2. The first kappa shape index (κ1) is 24.7. The monoisotopic (exact) mass is 546 g/mol. The molecular formula is C25H27BrN2O5S. The van der Waals surface area contributed by atoms with Gasteiger partial charge in [0.15, 0.2) is 0 Å². The van der Waals surface area contributed by atoms with E-state index in [9.17, 15) is 18.3 Å². The van der Waals surface area contributed by atoms with Gasteiger partial charge in [0, 0.05) is 4.47 Å². The van der Waals surface area contributed by atoms with Crippen LogP contribution in [0.5, 0.6) is 5.75 Å². The Morgan fingerprint density at radius 2 is 1.74 bits per heavy atom. The minimum Gasteiger partial charge on any atom is -0.493 e. The molecule has 3 aromatic rings. The molecule has 1 unspecified atom stereocenters. The van der Waals surface area contributed by atoms with Crippen molar-refractivity contribution in [3.05, 3.63) is 70.7 Å². The number of sulfonamides is 1. The third-order valence-corrected chi connectivity index (χ3v) is 8.00. The smallest absolute Gasteiger partial charge is 0.322 e. The molecule has 1 fully saturated rings. The van der Waals surface area contributed by atoms with Crippen LogP contribution in [-0.4, -0.2) is 45.2 Å². The first-order chi connectivity index (χ1) is 16.3. The summed E-state index contributed by atoms with van der Waals surface area (Å²) in [6.45, 7) is 2.76. The lowest BCUT2D eigenvalue weighted by atomic mass is 9.99. The van der Waals surface area contributed by atoms with Gasteiger partial charge in [-0.05, 0) is 91.0 Å². The summed E-state index contributed by atoms with van der Waals surface area (Å²) < 4.78 is 34.4. The molecule has 3 aromatic carbocycles. The highest BCUT2D eigenvalue weighted by Gasteiger charge is 2.26. The SMILES string of the molecule is O=C(O)C(Cc1ccc2cc(OCC3CCNCC3)ccc2c1)NS(=O)(=O)c1ccc(Br)cc1. The molecule has 34 heavy (non-hydrogen) atoms. The first-order valence-electron chi connectivity index (χ1n) is 11.2. The predicted molar refractivity (Wildman–Crippen MR) is 135 cm³/mol. The number of carboxylic acids is 1. The Morgan fingerprint density at radius 1 is 1.06 bits per heavy atom. The number of benzene rings is 3. The molecule has 0 aromatic heterocycles. The van der Waals surface area contributed by atoms with Gasteiger partial charge in [-0.2, -0.15) is 4.72 Å². The number of halogens is 1. The molecule has 1 saturated heterocycles. The maximum Gasteiger partial charge on any atom is 0.322 e. The maximum absolute atomic E-state index is 12.7. The van der Waals surface area contributed by atoms with Gasteiger partial charge < -0.3 is 15.2 Å². The van der Waals surface area contributed by atoms with E-state index in [1.54, 1.807) is 12.1 Å². The van der Waals surface area contributed by atoms with Gasteiger partial charge in [0.2, 0.25) is 10.0 Å². The topological polar surface area (TPSA) is 105 Å². The summed E-state index contributed by atoms with van der Waals surface area (Å²) >= 11 is 3.26. The van der Waals surface area contributed by atoms with Crippen molar-refractivity contribution in [2.45, 2.75) is 30.2 Å². The highest BCUT2D eigenvalue weighted by atomic mass is 79.9. The zero-order valence-corrected chi connectivity index (χ0v) is 20.9. The van der Waals surface area contributed by atoms with Crippen LogP contribution in [0, 0.1) is 5.92 Å². The van der Waals surface area contributed by atoms with Crippen LogP contribution in [0.4, 0.5) is 0 Å². The van der Waals surface area contributed by atoms with E-state index >= 15 is 0 Å². The highest BCUT2D eigenvalue weighted by Crippen LogP contribution is 2.24. The summed E-state index contributed by atoms with van der Waals surface area (Å²) in [6.07, 6.45) is 2.26. The van der Waals surface area contributed by atoms with Crippen molar-refractivity contribution in [3.63, 3.8) is 0 Å². The number of piperidine rings is 1. The number of carboxylic acid groups (broad SMARTS) is 1. The lowest BCUT2D eigenvalue weighted by Gasteiger charge is -2.22. The largest absolute Gasteiger partial charge is 0.493 e. The fourth-order valence-corrected chi connectivity index (χ4v) is 5.49. The number of fused-ring (bicyclic) bond motifs is 1. The molecule has 0 saturated carbocycles. The summed E-state index contributed by atoms with van der Waals surface area (Å²) in [5.74, 6) is 0.139. The van der Waals surface area contributed by atoms with Gasteiger partial charge >= 0.3 is 5.97 Å². The number of nitrogens with one attached hydrogen (secondary N) is 2. The molecule has 7 nitrogen and oxygen atoms in total. The molecule has 0 radical (unpaired) electrons. The molecular weight excluding hydrogens is 520 g/mol. The van der Waals surface area contributed by atoms with Crippen LogP contribution in [0.2, 0.25) is 0 Å². The average Bonchev–Trinajstić information content (AvgIpc) is 2.83. The quantitative estimate of drug-likeness (QED) is 0.375. The zero-order valence-electron chi connectivity index (χ0n) is 18.5. The molecule has 1 aliphatic rings. The summed E-state index contributed by atoms with van der Waals surface area (Å²) in [7, 11) is -3.98. The number of rotatable bonds is 9. The molecule has 3 N–H and O–H groups in total. The second-order valence-electron chi connectivity index (χ2n) is 8.52. The number of ether oxygens (including phenoxy) is 1. The second kappa shape index (κ2) is 10.9. The molecule has 9 heteroatoms. The van der Waals surface area contributed by atoms with E-state index in [0.717, 1.165) is 52.5 Å². The Hall–Kier alpha value is -2.46. The molecule has 0 aliphatic carbocycles. The van der Waals surface area contributed by atoms with Gasteiger partial charge in [0.25, 0.3) is 0 Å². The van der Waals surface area contributed by atoms with E-state index in [-0.39, 0.29) is 11.3 Å². The van der Waals surface area contributed by atoms with E-state index in [1.807, 2.05) is 36.4 Å². The van der Waals surface area contributed by atoms with E-state index in [2.05, 4.69) is 26.0 Å². The number of hydrogen-bond acceptors (Lipinski definition) is 5. The van der Waals surface area contributed by atoms with Crippen LogP contribution in [0.25, 0.3) is 10.8 Å². The Balaban J connectivity index is 1.45. The Bertz CT molecular complexity index is 1260.